The molecule has 1 aliphatic rings. The monoisotopic (exact) mass is 442 g/mol. The van der Waals surface area contributed by atoms with E-state index in [0.29, 0.717) is 0 Å². The zero-order valence-electron chi connectivity index (χ0n) is 13.9. The molecule has 0 spiro atoms. The molecule has 13 heteroatoms. The highest BCUT2D eigenvalue weighted by Gasteiger charge is 2.41. The highest BCUT2D eigenvalue weighted by atomic mass is 35.5. The van der Waals surface area contributed by atoms with Crippen LogP contribution in [-0.2, 0) is 23.2 Å². The SMILES string of the molecule is Cn1nc(C(F)(F)F)c(Cl)c1C(=O)N1CCN(S(=O)(=O)c2cccs2)CC1. The first-order chi connectivity index (χ1) is 12.5. The number of hydrogen-bond donors (Lipinski definition) is 0. The van der Waals surface area contributed by atoms with E-state index in [1.54, 1.807) is 11.4 Å². The van der Waals surface area contributed by atoms with Crippen LogP contribution in [0.25, 0.3) is 0 Å². The number of rotatable bonds is 3. The van der Waals surface area contributed by atoms with Gasteiger partial charge in [0.25, 0.3) is 15.9 Å². The second-order valence-corrected chi connectivity index (χ2v) is 9.25. The van der Waals surface area contributed by atoms with Crippen molar-refractivity contribution in [2.45, 2.75) is 10.4 Å². The van der Waals surface area contributed by atoms with Crippen molar-refractivity contribution in [3.05, 3.63) is 33.9 Å². The summed E-state index contributed by atoms with van der Waals surface area (Å²) in [5, 5.41) is 4.18. The number of nitrogens with zero attached hydrogens (tertiary/aromatic N) is 4. The number of sulfonamides is 1. The summed E-state index contributed by atoms with van der Waals surface area (Å²) in [5.41, 5.74) is -1.70. The molecule has 1 fully saturated rings. The fourth-order valence-electron chi connectivity index (χ4n) is 2.73. The second-order valence-electron chi connectivity index (χ2n) is 5.76. The number of aromatic nitrogens is 2. The molecule has 2 aromatic rings. The average molecular weight is 443 g/mol. The van der Waals surface area contributed by atoms with Crippen LogP contribution in [0.4, 0.5) is 13.2 Å². The molecule has 0 unspecified atom stereocenters. The van der Waals surface area contributed by atoms with E-state index in [4.69, 9.17) is 11.6 Å². The Balaban J connectivity index is 1.76. The Labute approximate surface area is 162 Å². The van der Waals surface area contributed by atoms with Gasteiger partial charge in [-0.2, -0.15) is 22.6 Å². The highest BCUT2D eigenvalue weighted by molar-refractivity contribution is 7.91. The summed E-state index contributed by atoms with van der Waals surface area (Å²) < 4.78 is 65.9. The fraction of sp³-hybridized carbons (Fsp3) is 0.429. The van der Waals surface area contributed by atoms with Gasteiger partial charge in [-0.1, -0.05) is 17.7 Å². The van der Waals surface area contributed by atoms with Crippen LogP contribution in [-0.4, -0.2) is 59.5 Å². The van der Waals surface area contributed by atoms with Crippen molar-refractivity contribution in [3.63, 3.8) is 0 Å². The topological polar surface area (TPSA) is 75.5 Å². The van der Waals surface area contributed by atoms with Crippen LogP contribution in [0.2, 0.25) is 5.02 Å². The maximum absolute atomic E-state index is 12.9. The summed E-state index contributed by atoms with van der Waals surface area (Å²) in [6.45, 7) is 0.139. The molecule has 1 aliphatic heterocycles. The third-order valence-corrected chi connectivity index (χ3v) is 7.71. The molecule has 3 rings (SSSR count). The van der Waals surface area contributed by atoms with Gasteiger partial charge in [0.2, 0.25) is 0 Å². The summed E-state index contributed by atoms with van der Waals surface area (Å²) in [7, 11) is -2.44. The van der Waals surface area contributed by atoms with Crippen molar-refractivity contribution in [2.75, 3.05) is 26.2 Å². The smallest absolute Gasteiger partial charge is 0.335 e. The van der Waals surface area contributed by atoms with Crippen molar-refractivity contribution < 1.29 is 26.4 Å². The Kier molecular flexibility index (Phi) is 5.27. The number of halogens is 4. The van der Waals surface area contributed by atoms with Crippen LogP contribution in [0.15, 0.2) is 21.7 Å². The standard InChI is InChI=1S/C14H14ClF3N4O3S2/c1-20-11(10(15)12(19-20)14(16,17)18)13(23)21-4-6-22(7-5-21)27(24,25)9-3-2-8-26-9/h2-3,8H,4-7H2,1H3. The van der Waals surface area contributed by atoms with E-state index >= 15 is 0 Å². The Hall–Kier alpha value is -1.63. The first-order valence-electron chi connectivity index (χ1n) is 7.66. The average Bonchev–Trinajstić information content (AvgIpc) is 3.23. The van der Waals surface area contributed by atoms with Crippen LogP contribution < -0.4 is 0 Å². The van der Waals surface area contributed by atoms with Crippen LogP contribution in [0.1, 0.15) is 16.2 Å². The van der Waals surface area contributed by atoms with Crippen molar-refractivity contribution in [3.8, 4) is 0 Å². The minimum Gasteiger partial charge on any atom is -0.335 e. The Morgan fingerprint density at radius 2 is 1.89 bits per heavy atom. The van der Waals surface area contributed by atoms with Gasteiger partial charge >= 0.3 is 6.18 Å². The van der Waals surface area contributed by atoms with Crippen molar-refractivity contribution in [1.29, 1.82) is 0 Å². The summed E-state index contributed by atoms with van der Waals surface area (Å²) in [6.07, 6.45) is -4.78. The van der Waals surface area contributed by atoms with Crippen LogP contribution in [0.5, 0.6) is 0 Å². The number of alkyl halides is 3. The molecular formula is C14H14ClF3N4O3S2. The Morgan fingerprint density at radius 1 is 1.26 bits per heavy atom. The highest BCUT2D eigenvalue weighted by Crippen LogP contribution is 2.35. The summed E-state index contributed by atoms with van der Waals surface area (Å²) >= 11 is 6.83. The van der Waals surface area contributed by atoms with E-state index < -0.39 is 32.8 Å². The summed E-state index contributed by atoms with van der Waals surface area (Å²) in [5.74, 6) is -0.723. The Bertz CT molecular complexity index is 949. The molecule has 148 valence electrons. The summed E-state index contributed by atoms with van der Waals surface area (Å²) in [4.78, 5) is 13.9. The number of carbonyl (C=O) groups excluding carboxylic acids is 1. The van der Waals surface area contributed by atoms with Crippen LogP contribution in [0, 0.1) is 0 Å². The van der Waals surface area contributed by atoms with E-state index in [-0.39, 0.29) is 36.1 Å². The lowest BCUT2D eigenvalue weighted by Crippen LogP contribution is -2.50. The molecule has 0 aliphatic carbocycles. The predicted molar refractivity (Wildman–Crippen MR) is 92.2 cm³/mol. The van der Waals surface area contributed by atoms with E-state index in [2.05, 4.69) is 5.10 Å². The maximum Gasteiger partial charge on any atom is 0.436 e. The van der Waals surface area contributed by atoms with Gasteiger partial charge < -0.3 is 4.90 Å². The van der Waals surface area contributed by atoms with Gasteiger partial charge in [0.15, 0.2) is 5.69 Å². The van der Waals surface area contributed by atoms with Gasteiger partial charge in [0.1, 0.15) is 14.9 Å². The first kappa shape index (κ1) is 20.1. The van der Waals surface area contributed by atoms with Gasteiger partial charge in [-0.25, -0.2) is 8.42 Å². The third-order valence-electron chi connectivity index (χ3n) is 4.08. The lowest BCUT2D eigenvalue weighted by atomic mass is 10.2. The predicted octanol–water partition coefficient (Wildman–Crippen LogP) is 2.30. The Morgan fingerprint density at radius 3 is 2.37 bits per heavy atom. The molecule has 0 bridgehead atoms. The third kappa shape index (κ3) is 3.71. The van der Waals surface area contributed by atoms with Crippen molar-refractivity contribution in [1.82, 2.24) is 19.0 Å². The fourth-order valence-corrected chi connectivity index (χ4v) is 5.65. The van der Waals surface area contributed by atoms with Gasteiger partial charge in [0.05, 0.1) is 0 Å². The molecule has 0 saturated carbocycles. The molecule has 0 atom stereocenters. The second kappa shape index (κ2) is 7.08. The number of aryl methyl sites for hydroxylation is 1. The molecule has 27 heavy (non-hydrogen) atoms. The number of hydrogen-bond acceptors (Lipinski definition) is 5. The minimum atomic E-state index is -4.78. The van der Waals surface area contributed by atoms with Gasteiger partial charge in [0, 0.05) is 33.2 Å². The van der Waals surface area contributed by atoms with E-state index in [1.165, 1.54) is 22.3 Å². The van der Waals surface area contributed by atoms with Gasteiger partial charge in [-0.15, -0.1) is 11.3 Å². The summed E-state index contributed by atoms with van der Waals surface area (Å²) in [6, 6.07) is 3.12. The zero-order valence-corrected chi connectivity index (χ0v) is 16.3. The van der Waals surface area contributed by atoms with Crippen LogP contribution in [0.3, 0.4) is 0 Å². The lowest BCUT2D eigenvalue weighted by molar-refractivity contribution is -0.141. The first-order valence-corrected chi connectivity index (χ1v) is 10.4. The normalized spacial score (nSPS) is 16.7. The molecular weight excluding hydrogens is 429 g/mol. The number of piperazine rings is 1. The molecule has 7 nitrogen and oxygen atoms in total. The largest absolute Gasteiger partial charge is 0.436 e. The van der Waals surface area contributed by atoms with Crippen LogP contribution >= 0.6 is 22.9 Å². The van der Waals surface area contributed by atoms with E-state index in [1.807, 2.05) is 0 Å². The number of amides is 1. The van der Waals surface area contributed by atoms with Crippen molar-refractivity contribution >= 4 is 38.9 Å². The quantitative estimate of drug-likeness (QED) is 0.731. The number of thiophene rings is 1. The molecule has 0 radical (unpaired) electrons. The maximum atomic E-state index is 12.9. The zero-order chi connectivity index (χ0) is 20.0. The number of carbonyl (C=O) groups is 1. The minimum absolute atomic E-state index is 0.0340. The molecule has 0 N–H and O–H groups in total. The molecule has 1 saturated heterocycles. The molecule has 1 amide bonds. The van der Waals surface area contributed by atoms with Gasteiger partial charge in [-0.3, -0.25) is 9.48 Å². The van der Waals surface area contributed by atoms with E-state index in [0.717, 1.165) is 16.0 Å². The van der Waals surface area contributed by atoms with Crippen molar-refractivity contribution in [2.24, 2.45) is 7.05 Å². The van der Waals surface area contributed by atoms with E-state index in [9.17, 15) is 26.4 Å². The lowest BCUT2D eigenvalue weighted by Gasteiger charge is -2.33. The van der Waals surface area contributed by atoms with Gasteiger partial charge in [-0.05, 0) is 11.4 Å². The molecule has 2 aromatic heterocycles. The molecule has 3 heterocycles. The molecule has 0 aromatic carbocycles.